The number of aromatic carboxylic acids is 1. The van der Waals surface area contributed by atoms with Crippen LogP contribution in [0.3, 0.4) is 0 Å². The number of carbonyl (C=O) groups is 2. The lowest BCUT2D eigenvalue weighted by Gasteiger charge is -2.05. The molecule has 0 bridgehead atoms. The van der Waals surface area contributed by atoms with Crippen LogP contribution >= 0.6 is 31.9 Å². The molecule has 1 N–H and O–H groups in total. The SMILES string of the molecule is CC(Br)C(=O)c1ccc(Br)c(C(=O)O)c1. The first kappa shape index (κ1) is 12.4. The summed E-state index contributed by atoms with van der Waals surface area (Å²) in [5.74, 6) is -1.19. The van der Waals surface area contributed by atoms with Crippen molar-refractivity contribution in [1.82, 2.24) is 0 Å². The maximum absolute atomic E-state index is 11.6. The maximum Gasteiger partial charge on any atom is 0.336 e. The van der Waals surface area contributed by atoms with Crippen LogP contribution in [0, 0.1) is 0 Å². The van der Waals surface area contributed by atoms with E-state index in [9.17, 15) is 9.59 Å². The summed E-state index contributed by atoms with van der Waals surface area (Å²) >= 11 is 6.26. The topological polar surface area (TPSA) is 54.4 Å². The van der Waals surface area contributed by atoms with Gasteiger partial charge in [-0.15, -0.1) is 0 Å². The number of hydrogen-bond acceptors (Lipinski definition) is 2. The maximum atomic E-state index is 11.6. The smallest absolute Gasteiger partial charge is 0.336 e. The Balaban J connectivity index is 3.19. The molecule has 0 aliphatic heterocycles. The molecule has 15 heavy (non-hydrogen) atoms. The zero-order chi connectivity index (χ0) is 11.6. The molecule has 80 valence electrons. The molecule has 0 aliphatic carbocycles. The minimum Gasteiger partial charge on any atom is -0.478 e. The van der Waals surface area contributed by atoms with Gasteiger partial charge in [0.1, 0.15) is 0 Å². The van der Waals surface area contributed by atoms with Gasteiger partial charge in [0.25, 0.3) is 0 Å². The van der Waals surface area contributed by atoms with Crippen LogP contribution in [0.15, 0.2) is 22.7 Å². The number of alkyl halides is 1. The Morgan fingerprint density at radius 1 is 1.40 bits per heavy atom. The summed E-state index contributed by atoms with van der Waals surface area (Å²) in [6.07, 6.45) is 0. The minimum atomic E-state index is -1.06. The van der Waals surface area contributed by atoms with Crippen molar-refractivity contribution in [2.45, 2.75) is 11.8 Å². The number of carboxylic acids is 1. The van der Waals surface area contributed by atoms with E-state index in [1.54, 1.807) is 19.1 Å². The van der Waals surface area contributed by atoms with E-state index in [2.05, 4.69) is 31.9 Å². The van der Waals surface area contributed by atoms with E-state index in [1.165, 1.54) is 6.07 Å². The molecule has 3 nitrogen and oxygen atoms in total. The van der Waals surface area contributed by atoms with E-state index in [-0.39, 0.29) is 16.2 Å². The average Bonchev–Trinajstić information content (AvgIpc) is 2.16. The fraction of sp³-hybridized carbons (Fsp3) is 0.200. The molecular formula is C10H8Br2O3. The van der Waals surface area contributed by atoms with Gasteiger partial charge in [0, 0.05) is 10.0 Å². The van der Waals surface area contributed by atoms with E-state index >= 15 is 0 Å². The lowest BCUT2D eigenvalue weighted by atomic mass is 10.1. The predicted molar refractivity (Wildman–Crippen MR) is 63.8 cm³/mol. The highest BCUT2D eigenvalue weighted by Crippen LogP contribution is 2.20. The molecule has 0 spiro atoms. The molecule has 0 saturated carbocycles. The summed E-state index contributed by atoms with van der Waals surface area (Å²) in [4.78, 5) is 22.1. The Kier molecular flexibility index (Phi) is 4.04. The molecular weight excluding hydrogens is 328 g/mol. The molecule has 1 aromatic rings. The third kappa shape index (κ3) is 2.89. The van der Waals surface area contributed by atoms with Crippen LogP contribution in [0.2, 0.25) is 0 Å². The van der Waals surface area contributed by atoms with Crippen molar-refractivity contribution in [1.29, 1.82) is 0 Å². The van der Waals surface area contributed by atoms with Crippen molar-refractivity contribution < 1.29 is 14.7 Å². The standard InChI is InChI=1S/C10H8Br2O3/c1-5(11)9(13)6-2-3-8(12)7(4-6)10(14)15/h2-5H,1H3,(H,14,15). The Labute approximate surface area is 104 Å². The summed E-state index contributed by atoms with van der Waals surface area (Å²) in [5, 5.41) is 8.86. The first-order valence-electron chi connectivity index (χ1n) is 4.14. The second kappa shape index (κ2) is 4.90. The van der Waals surface area contributed by atoms with Gasteiger partial charge < -0.3 is 5.11 Å². The molecule has 1 unspecified atom stereocenters. The van der Waals surface area contributed by atoms with Crippen LogP contribution in [-0.4, -0.2) is 21.7 Å². The molecule has 0 amide bonds. The molecule has 0 aromatic heterocycles. The Morgan fingerprint density at radius 3 is 2.47 bits per heavy atom. The van der Waals surface area contributed by atoms with Crippen molar-refractivity contribution in [3.05, 3.63) is 33.8 Å². The van der Waals surface area contributed by atoms with Crippen LogP contribution in [0.5, 0.6) is 0 Å². The van der Waals surface area contributed by atoms with E-state index in [0.717, 1.165) is 0 Å². The number of carbonyl (C=O) groups excluding carboxylic acids is 1. The highest BCUT2D eigenvalue weighted by Gasteiger charge is 2.15. The van der Waals surface area contributed by atoms with Crippen LogP contribution < -0.4 is 0 Å². The molecule has 0 saturated heterocycles. The molecule has 0 fully saturated rings. The second-order valence-corrected chi connectivity index (χ2v) is 5.21. The zero-order valence-electron chi connectivity index (χ0n) is 7.83. The zero-order valence-corrected chi connectivity index (χ0v) is 11.0. The van der Waals surface area contributed by atoms with Crippen molar-refractivity contribution in [2.24, 2.45) is 0 Å². The fourth-order valence-corrected chi connectivity index (χ4v) is 1.75. The highest BCUT2D eigenvalue weighted by molar-refractivity contribution is 9.10. The van der Waals surface area contributed by atoms with Gasteiger partial charge in [-0.2, -0.15) is 0 Å². The van der Waals surface area contributed by atoms with Gasteiger partial charge in [-0.3, -0.25) is 4.79 Å². The number of halogens is 2. The normalized spacial score (nSPS) is 12.2. The fourth-order valence-electron chi connectivity index (χ4n) is 1.07. The van der Waals surface area contributed by atoms with E-state index in [0.29, 0.717) is 10.0 Å². The number of hydrogen-bond donors (Lipinski definition) is 1. The average molecular weight is 336 g/mol. The summed E-state index contributed by atoms with van der Waals surface area (Å²) in [7, 11) is 0. The molecule has 0 radical (unpaired) electrons. The van der Waals surface area contributed by atoms with Gasteiger partial charge >= 0.3 is 5.97 Å². The van der Waals surface area contributed by atoms with Crippen LogP contribution in [0.1, 0.15) is 27.6 Å². The van der Waals surface area contributed by atoms with Gasteiger partial charge in [0.15, 0.2) is 5.78 Å². The Morgan fingerprint density at radius 2 is 2.00 bits per heavy atom. The van der Waals surface area contributed by atoms with Gasteiger partial charge in [-0.25, -0.2) is 4.79 Å². The van der Waals surface area contributed by atoms with Crippen LogP contribution in [0.25, 0.3) is 0 Å². The number of carboxylic acid groups (broad SMARTS) is 1. The van der Waals surface area contributed by atoms with Gasteiger partial charge in [0.05, 0.1) is 10.4 Å². The number of Topliss-reactive ketones (excluding diaryl/α,β-unsaturated/α-hetero) is 1. The summed E-state index contributed by atoms with van der Waals surface area (Å²) in [6.45, 7) is 1.70. The van der Waals surface area contributed by atoms with Crippen molar-refractivity contribution >= 4 is 43.6 Å². The highest BCUT2D eigenvalue weighted by atomic mass is 79.9. The van der Waals surface area contributed by atoms with Crippen molar-refractivity contribution in [2.75, 3.05) is 0 Å². The Hall–Kier alpha value is -0.680. The Bertz CT molecular complexity index is 413. The van der Waals surface area contributed by atoms with Gasteiger partial charge in [-0.05, 0) is 35.0 Å². The predicted octanol–water partition coefficient (Wildman–Crippen LogP) is 3.11. The summed E-state index contributed by atoms with van der Waals surface area (Å²) < 4.78 is 0.466. The van der Waals surface area contributed by atoms with Crippen molar-refractivity contribution in [3.8, 4) is 0 Å². The monoisotopic (exact) mass is 334 g/mol. The van der Waals surface area contributed by atoms with E-state index < -0.39 is 5.97 Å². The number of benzene rings is 1. The van der Waals surface area contributed by atoms with Crippen molar-refractivity contribution in [3.63, 3.8) is 0 Å². The first-order valence-corrected chi connectivity index (χ1v) is 5.85. The van der Waals surface area contributed by atoms with Crippen LogP contribution in [-0.2, 0) is 0 Å². The molecule has 5 heteroatoms. The first-order chi connectivity index (χ1) is 6.93. The quantitative estimate of drug-likeness (QED) is 0.682. The van der Waals surface area contributed by atoms with Gasteiger partial charge in [0.2, 0.25) is 0 Å². The van der Waals surface area contributed by atoms with E-state index in [4.69, 9.17) is 5.11 Å². The minimum absolute atomic E-state index is 0.0917. The third-order valence-corrected chi connectivity index (χ3v) is 2.95. The molecule has 1 rings (SSSR count). The summed E-state index contributed by atoms with van der Waals surface area (Å²) in [6, 6.07) is 4.52. The van der Waals surface area contributed by atoms with E-state index in [1.807, 2.05) is 0 Å². The third-order valence-electron chi connectivity index (χ3n) is 1.84. The second-order valence-electron chi connectivity index (χ2n) is 2.98. The summed E-state index contributed by atoms with van der Waals surface area (Å²) in [5.41, 5.74) is 0.481. The lowest BCUT2D eigenvalue weighted by molar-refractivity contribution is 0.0696. The molecule has 1 aromatic carbocycles. The lowest BCUT2D eigenvalue weighted by Crippen LogP contribution is -2.11. The molecule has 1 atom stereocenters. The largest absolute Gasteiger partial charge is 0.478 e. The van der Waals surface area contributed by atoms with Gasteiger partial charge in [-0.1, -0.05) is 22.0 Å². The number of rotatable bonds is 3. The van der Waals surface area contributed by atoms with Crippen LogP contribution in [0.4, 0.5) is 0 Å². The number of ketones is 1. The molecule has 0 heterocycles. The molecule has 0 aliphatic rings.